The van der Waals surface area contributed by atoms with Crippen molar-refractivity contribution in [2.24, 2.45) is 0 Å². The molecule has 2 heteroatoms. The van der Waals surface area contributed by atoms with Gasteiger partial charge in [0.05, 0.1) is 6.10 Å². The second-order valence-electron chi connectivity index (χ2n) is 6.16. The fourth-order valence-electron chi connectivity index (χ4n) is 3.24. The van der Waals surface area contributed by atoms with E-state index in [1.54, 1.807) is 0 Å². The van der Waals surface area contributed by atoms with E-state index in [2.05, 4.69) is 43.0 Å². The van der Waals surface area contributed by atoms with Crippen molar-refractivity contribution < 1.29 is 5.11 Å². The summed E-state index contributed by atoms with van der Waals surface area (Å²) in [7, 11) is 0. The highest BCUT2D eigenvalue weighted by Gasteiger charge is 2.20. The molecule has 2 unspecified atom stereocenters. The van der Waals surface area contributed by atoms with Crippen LogP contribution in [0.5, 0.6) is 0 Å². The summed E-state index contributed by atoms with van der Waals surface area (Å²) in [4.78, 5) is 2.60. The van der Waals surface area contributed by atoms with Gasteiger partial charge in [-0.3, -0.25) is 0 Å². The molecule has 2 nitrogen and oxygen atoms in total. The molecule has 0 spiro atoms. The lowest BCUT2D eigenvalue weighted by molar-refractivity contribution is 0.122. The van der Waals surface area contributed by atoms with E-state index < -0.39 is 0 Å². The lowest BCUT2D eigenvalue weighted by Gasteiger charge is -2.29. The fourth-order valence-corrected chi connectivity index (χ4v) is 3.24. The Kier molecular flexibility index (Phi) is 6.06. The zero-order valence-electron chi connectivity index (χ0n) is 13.0. The van der Waals surface area contributed by atoms with E-state index in [0.717, 1.165) is 24.6 Å². The number of benzene rings is 1. The number of hydrogen-bond acceptors (Lipinski definition) is 2. The van der Waals surface area contributed by atoms with Crippen LogP contribution in [0.25, 0.3) is 0 Å². The highest BCUT2D eigenvalue weighted by atomic mass is 16.3. The lowest BCUT2D eigenvalue weighted by atomic mass is 10.0. The first-order chi connectivity index (χ1) is 9.70. The molecule has 0 saturated carbocycles. The summed E-state index contributed by atoms with van der Waals surface area (Å²) in [6.45, 7) is 6.60. The Balaban J connectivity index is 1.87. The monoisotopic (exact) mass is 275 g/mol. The number of aryl methyl sites for hydroxylation is 1. The smallest absolute Gasteiger partial charge is 0.0802 e. The number of nitrogens with zero attached hydrogens (tertiary/aromatic N) is 1. The minimum atomic E-state index is -0.323. The zero-order valence-corrected chi connectivity index (χ0v) is 13.0. The Labute approximate surface area is 123 Å². The molecule has 1 aromatic rings. The van der Waals surface area contributed by atoms with E-state index in [1.807, 2.05) is 0 Å². The Hall–Kier alpha value is -0.860. The summed E-state index contributed by atoms with van der Waals surface area (Å²) in [6, 6.07) is 9.00. The van der Waals surface area contributed by atoms with Gasteiger partial charge in [0.1, 0.15) is 0 Å². The number of likely N-dealkylation sites (tertiary alicyclic amines) is 1. The standard InChI is InChI=1S/C18H29NO/c1-3-17-7-5-4-6-13-19(17)14-12-18(20)16-10-8-15(2)9-11-16/h8-11,17-18,20H,3-7,12-14H2,1-2H3. The van der Waals surface area contributed by atoms with Gasteiger partial charge in [0.15, 0.2) is 0 Å². The molecule has 0 radical (unpaired) electrons. The van der Waals surface area contributed by atoms with Crippen LogP contribution in [0, 0.1) is 6.92 Å². The minimum absolute atomic E-state index is 0.323. The first-order valence-electron chi connectivity index (χ1n) is 8.19. The third-order valence-electron chi connectivity index (χ3n) is 4.62. The van der Waals surface area contributed by atoms with E-state index in [-0.39, 0.29) is 6.10 Å². The second-order valence-corrected chi connectivity index (χ2v) is 6.16. The van der Waals surface area contributed by atoms with Gasteiger partial charge >= 0.3 is 0 Å². The second kappa shape index (κ2) is 7.80. The molecule has 2 atom stereocenters. The highest BCUT2D eigenvalue weighted by Crippen LogP contribution is 2.22. The maximum Gasteiger partial charge on any atom is 0.0802 e. The molecular formula is C18H29NO. The van der Waals surface area contributed by atoms with Crippen LogP contribution in [0.4, 0.5) is 0 Å². The summed E-state index contributed by atoms with van der Waals surface area (Å²) in [6.07, 6.45) is 7.15. The zero-order chi connectivity index (χ0) is 14.4. The van der Waals surface area contributed by atoms with Gasteiger partial charge in [0.2, 0.25) is 0 Å². The van der Waals surface area contributed by atoms with Crippen LogP contribution in [0.3, 0.4) is 0 Å². The van der Waals surface area contributed by atoms with Crippen molar-refractivity contribution in [3.63, 3.8) is 0 Å². The van der Waals surface area contributed by atoms with Gasteiger partial charge < -0.3 is 10.0 Å². The maximum atomic E-state index is 10.3. The van der Waals surface area contributed by atoms with Crippen LogP contribution in [-0.4, -0.2) is 29.1 Å². The van der Waals surface area contributed by atoms with Crippen molar-refractivity contribution in [1.82, 2.24) is 4.90 Å². The van der Waals surface area contributed by atoms with Gasteiger partial charge in [-0.1, -0.05) is 49.6 Å². The largest absolute Gasteiger partial charge is 0.388 e. The normalized spacial score (nSPS) is 22.4. The van der Waals surface area contributed by atoms with Gasteiger partial charge in [-0.25, -0.2) is 0 Å². The molecule has 20 heavy (non-hydrogen) atoms. The average Bonchev–Trinajstić information content (AvgIpc) is 2.70. The number of rotatable bonds is 5. The molecule has 1 fully saturated rings. The van der Waals surface area contributed by atoms with Crippen LogP contribution in [-0.2, 0) is 0 Å². The van der Waals surface area contributed by atoms with E-state index >= 15 is 0 Å². The van der Waals surface area contributed by atoms with Crippen molar-refractivity contribution >= 4 is 0 Å². The lowest BCUT2D eigenvalue weighted by Crippen LogP contribution is -2.35. The van der Waals surface area contributed by atoms with Crippen LogP contribution < -0.4 is 0 Å². The Morgan fingerprint density at radius 3 is 2.65 bits per heavy atom. The van der Waals surface area contributed by atoms with Crippen LogP contribution in [0.15, 0.2) is 24.3 Å². The molecule has 1 N–H and O–H groups in total. The Bertz CT molecular complexity index is 387. The quantitative estimate of drug-likeness (QED) is 0.875. The molecule has 0 aliphatic carbocycles. The molecule has 1 saturated heterocycles. The molecule has 0 amide bonds. The van der Waals surface area contributed by atoms with Crippen molar-refractivity contribution in [3.8, 4) is 0 Å². The summed E-state index contributed by atoms with van der Waals surface area (Å²) in [5, 5.41) is 10.3. The molecule has 1 aliphatic rings. The summed E-state index contributed by atoms with van der Waals surface area (Å²) < 4.78 is 0. The van der Waals surface area contributed by atoms with Crippen molar-refractivity contribution in [2.45, 2.75) is 64.5 Å². The van der Waals surface area contributed by atoms with Gasteiger partial charge in [-0.15, -0.1) is 0 Å². The van der Waals surface area contributed by atoms with Gasteiger partial charge in [-0.05, 0) is 44.7 Å². The third-order valence-corrected chi connectivity index (χ3v) is 4.62. The van der Waals surface area contributed by atoms with E-state index in [4.69, 9.17) is 0 Å². The minimum Gasteiger partial charge on any atom is -0.388 e. The molecule has 112 valence electrons. The Morgan fingerprint density at radius 1 is 1.20 bits per heavy atom. The van der Waals surface area contributed by atoms with Gasteiger partial charge in [-0.2, -0.15) is 0 Å². The van der Waals surface area contributed by atoms with Crippen molar-refractivity contribution in [2.75, 3.05) is 13.1 Å². The van der Waals surface area contributed by atoms with Crippen LogP contribution in [0.1, 0.15) is 62.7 Å². The molecule has 1 aromatic carbocycles. The Morgan fingerprint density at radius 2 is 1.95 bits per heavy atom. The van der Waals surface area contributed by atoms with Crippen molar-refractivity contribution in [1.29, 1.82) is 0 Å². The molecular weight excluding hydrogens is 246 g/mol. The molecule has 1 heterocycles. The predicted molar refractivity (Wildman–Crippen MR) is 84.9 cm³/mol. The summed E-state index contributed by atoms with van der Waals surface area (Å²) >= 11 is 0. The van der Waals surface area contributed by atoms with Crippen LogP contribution >= 0.6 is 0 Å². The predicted octanol–water partition coefficient (Wildman–Crippen LogP) is 4.07. The maximum absolute atomic E-state index is 10.3. The van der Waals surface area contributed by atoms with Gasteiger partial charge in [0, 0.05) is 12.6 Å². The first kappa shape index (κ1) is 15.5. The highest BCUT2D eigenvalue weighted by molar-refractivity contribution is 5.23. The number of hydrogen-bond donors (Lipinski definition) is 1. The topological polar surface area (TPSA) is 23.5 Å². The average molecular weight is 275 g/mol. The van der Waals surface area contributed by atoms with Gasteiger partial charge in [0.25, 0.3) is 0 Å². The third kappa shape index (κ3) is 4.32. The van der Waals surface area contributed by atoms with E-state index in [1.165, 1.54) is 44.2 Å². The SMILES string of the molecule is CCC1CCCCCN1CCC(O)c1ccc(C)cc1. The summed E-state index contributed by atoms with van der Waals surface area (Å²) in [5.74, 6) is 0. The molecule has 0 bridgehead atoms. The molecule has 2 rings (SSSR count). The molecule has 1 aliphatic heterocycles. The fraction of sp³-hybridized carbons (Fsp3) is 0.667. The summed E-state index contributed by atoms with van der Waals surface area (Å²) in [5.41, 5.74) is 2.30. The van der Waals surface area contributed by atoms with E-state index in [0.29, 0.717) is 0 Å². The van der Waals surface area contributed by atoms with Crippen LogP contribution in [0.2, 0.25) is 0 Å². The first-order valence-corrected chi connectivity index (χ1v) is 8.19. The number of aliphatic hydroxyl groups excluding tert-OH is 1. The van der Waals surface area contributed by atoms with E-state index in [9.17, 15) is 5.11 Å². The molecule has 0 aromatic heterocycles. The number of aliphatic hydroxyl groups is 1. The van der Waals surface area contributed by atoms with Crippen molar-refractivity contribution in [3.05, 3.63) is 35.4 Å².